The summed E-state index contributed by atoms with van der Waals surface area (Å²) in [6.45, 7) is 8.81. The second-order valence-electron chi connectivity index (χ2n) is 4.55. The molecule has 0 aliphatic rings. The molecule has 2 nitrogen and oxygen atoms in total. The number of rotatable bonds is 4. The van der Waals surface area contributed by atoms with Crippen molar-refractivity contribution in [1.29, 1.82) is 0 Å². The Morgan fingerprint density at radius 3 is 2.17 bits per heavy atom. The minimum Gasteiger partial charge on any atom is -0.330 e. The molecule has 0 spiro atoms. The Kier molecular flexibility index (Phi) is 4.46. The van der Waals surface area contributed by atoms with Crippen LogP contribution in [0.15, 0.2) is 0 Å². The van der Waals surface area contributed by atoms with Gasteiger partial charge in [-0.3, -0.25) is 0 Å². The van der Waals surface area contributed by atoms with E-state index in [0.29, 0.717) is 18.9 Å². The molecule has 0 heterocycles. The molecule has 0 aliphatic carbocycles. The fraction of sp³-hybridized carbons (Fsp3) is 0.900. The summed E-state index contributed by atoms with van der Waals surface area (Å²) in [5.74, 6) is 0.698. The number of nitrogens with two attached hydrogens (primary N) is 1. The van der Waals surface area contributed by atoms with Gasteiger partial charge in [0, 0.05) is 6.42 Å². The first-order valence-corrected chi connectivity index (χ1v) is 4.57. The van der Waals surface area contributed by atoms with Gasteiger partial charge in [-0.05, 0) is 31.2 Å². The summed E-state index contributed by atoms with van der Waals surface area (Å²) in [6, 6.07) is 0. The second kappa shape index (κ2) is 4.61. The number of carbonyl (C=O) groups is 1. The van der Waals surface area contributed by atoms with Crippen LogP contribution in [0, 0.1) is 11.3 Å². The maximum atomic E-state index is 10.9. The highest BCUT2D eigenvalue weighted by atomic mass is 16.1. The van der Waals surface area contributed by atoms with Crippen molar-refractivity contribution >= 4 is 5.78 Å². The fourth-order valence-corrected chi connectivity index (χ4v) is 1.39. The van der Waals surface area contributed by atoms with Gasteiger partial charge in [-0.2, -0.15) is 0 Å². The van der Waals surface area contributed by atoms with Crippen molar-refractivity contribution in [3.8, 4) is 0 Å². The van der Waals surface area contributed by atoms with E-state index in [9.17, 15) is 4.79 Å². The number of hydrogen-bond donors (Lipinski definition) is 1. The van der Waals surface area contributed by atoms with Crippen LogP contribution in [0.3, 0.4) is 0 Å². The van der Waals surface area contributed by atoms with Crippen LogP contribution in [0.25, 0.3) is 0 Å². The van der Waals surface area contributed by atoms with E-state index in [1.54, 1.807) is 6.92 Å². The Balaban J connectivity index is 4.13. The van der Waals surface area contributed by atoms with Crippen molar-refractivity contribution in [2.24, 2.45) is 17.1 Å². The van der Waals surface area contributed by atoms with Crippen molar-refractivity contribution in [1.82, 2.24) is 0 Å². The minimum atomic E-state index is 0.199. The lowest BCUT2D eigenvalue weighted by atomic mass is 9.76. The number of ketones is 1. The molecule has 0 aliphatic heterocycles. The van der Waals surface area contributed by atoms with Gasteiger partial charge in [0.25, 0.3) is 0 Å². The van der Waals surface area contributed by atoms with Gasteiger partial charge in [-0.15, -0.1) is 0 Å². The Morgan fingerprint density at radius 2 is 1.92 bits per heavy atom. The van der Waals surface area contributed by atoms with Gasteiger partial charge in [0.05, 0.1) is 0 Å². The zero-order valence-corrected chi connectivity index (χ0v) is 8.68. The molecule has 0 aromatic carbocycles. The molecule has 0 saturated carbocycles. The van der Waals surface area contributed by atoms with E-state index in [1.165, 1.54) is 0 Å². The third-order valence-corrected chi connectivity index (χ3v) is 2.27. The Labute approximate surface area is 75.5 Å². The van der Waals surface area contributed by atoms with Gasteiger partial charge in [0.2, 0.25) is 0 Å². The van der Waals surface area contributed by atoms with E-state index in [1.807, 2.05) is 0 Å². The molecular weight excluding hydrogens is 150 g/mol. The van der Waals surface area contributed by atoms with Gasteiger partial charge in [0.1, 0.15) is 5.78 Å². The third kappa shape index (κ3) is 4.50. The molecule has 2 heteroatoms. The standard InChI is InChI=1S/C10H21NO/c1-8(12)7-9(5-6-11)10(2,3)4/h9H,5-7,11H2,1-4H3/t9-/m1/s1. The van der Waals surface area contributed by atoms with Crippen LogP contribution in [-0.2, 0) is 4.79 Å². The van der Waals surface area contributed by atoms with Gasteiger partial charge in [0.15, 0.2) is 0 Å². The molecule has 0 bridgehead atoms. The third-order valence-electron chi connectivity index (χ3n) is 2.27. The average molecular weight is 171 g/mol. The largest absolute Gasteiger partial charge is 0.330 e. The summed E-state index contributed by atoms with van der Waals surface area (Å²) < 4.78 is 0. The molecule has 0 saturated heterocycles. The number of Topliss-reactive ketones (excluding diaryl/α,β-unsaturated/α-hetero) is 1. The van der Waals surface area contributed by atoms with Gasteiger partial charge < -0.3 is 10.5 Å². The first-order valence-electron chi connectivity index (χ1n) is 4.57. The lowest BCUT2D eigenvalue weighted by Crippen LogP contribution is -2.25. The van der Waals surface area contributed by atoms with Crippen LogP contribution in [0.2, 0.25) is 0 Å². The maximum absolute atomic E-state index is 10.9. The molecular formula is C10H21NO. The highest BCUT2D eigenvalue weighted by Gasteiger charge is 2.24. The smallest absolute Gasteiger partial charge is 0.130 e. The Hall–Kier alpha value is -0.370. The molecule has 72 valence electrons. The van der Waals surface area contributed by atoms with Crippen LogP contribution < -0.4 is 5.73 Å². The SMILES string of the molecule is CC(=O)C[C@@H](CCN)C(C)(C)C. The molecule has 0 fully saturated rings. The van der Waals surface area contributed by atoms with Crippen LogP contribution in [0.4, 0.5) is 0 Å². The number of carbonyl (C=O) groups excluding carboxylic acids is 1. The summed E-state index contributed by atoms with van der Waals surface area (Å²) >= 11 is 0. The normalized spacial score (nSPS) is 14.4. The zero-order valence-electron chi connectivity index (χ0n) is 8.68. The van der Waals surface area contributed by atoms with E-state index in [-0.39, 0.29) is 11.2 Å². The average Bonchev–Trinajstić information content (AvgIpc) is 1.83. The van der Waals surface area contributed by atoms with Crippen LogP contribution >= 0.6 is 0 Å². The molecule has 0 rings (SSSR count). The quantitative estimate of drug-likeness (QED) is 0.702. The lowest BCUT2D eigenvalue weighted by molar-refractivity contribution is -0.118. The summed E-state index contributed by atoms with van der Waals surface area (Å²) in [7, 11) is 0. The predicted octanol–water partition coefficient (Wildman–Crippen LogP) is 1.98. The first kappa shape index (κ1) is 11.6. The lowest BCUT2D eigenvalue weighted by Gasteiger charge is -2.29. The Morgan fingerprint density at radius 1 is 1.42 bits per heavy atom. The maximum Gasteiger partial charge on any atom is 0.130 e. The molecule has 2 N–H and O–H groups in total. The van der Waals surface area contributed by atoms with Crippen molar-refractivity contribution < 1.29 is 4.79 Å². The molecule has 0 aromatic heterocycles. The van der Waals surface area contributed by atoms with E-state index >= 15 is 0 Å². The van der Waals surface area contributed by atoms with E-state index in [0.717, 1.165) is 6.42 Å². The molecule has 0 aromatic rings. The zero-order chi connectivity index (χ0) is 9.78. The molecule has 12 heavy (non-hydrogen) atoms. The molecule has 0 unspecified atom stereocenters. The topological polar surface area (TPSA) is 43.1 Å². The van der Waals surface area contributed by atoms with Crippen molar-refractivity contribution in [2.45, 2.75) is 40.5 Å². The van der Waals surface area contributed by atoms with Gasteiger partial charge >= 0.3 is 0 Å². The van der Waals surface area contributed by atoms with Crippen LogP contribution in [0.5, 0.6) is 0 Å². The number of hydrogen-bond acceptors (Lipinski definition) is 2. The summed E-state index contributed by atoms with van der Waals surface area (Å²) in [4.78, 5) is 10.9. The van der Waals surface area contributed by atoms with Gasteiger partial charge in [-0.25, -0.2) is 0 Å². The molecule has 1 atom stereocenters. The summed E-state index contributed by atoms with van der Waals surface area (Å²) in [5, 5.41) is 0. The molecule has 0 amide bonds. The monoisotopic (exact) mass is 171 g/mol. The predicted molar refractivity (Wildman–Crippen MR) is 51.9 cm³/mol. The second-order valence-corrected chi connectivity index (χ2v) is 4.55. The highest BCUT2D eigenvalue weighted by molar-refractivity contribution is 5.75. The first-order chi connectivity index (χ1) is 5.38. The van der Waals surface area contributed by atoms with Crippen molar-refractivity contribution in [3.05, 3.63) is 0 Å². The van der Waals surface area contributed by atoms with Crippen LogP contribution in [0.1, 0.15) is 40.5 Å². The van der Waals surface area contributed by atoms with Gasteiger partial charge in [-0.1, -0.05) is 20.8 Å². The fourth-order valence-electron chi connectivity index (χ4n) is 1.39. The Bertz CT molecular complexity index is 146. The van der Waals surface area contributed by atoms with E-state index < -0.39 is 0 Å². The van der Waals surface area contributed by atoms with Crippen LogP contribution in [-0.4, -0.2) is 12.3 Å². The van der Waals surface area contributed by atoms with E-state index in [2.05, 4.69) is 20.8 Å². The van der Waals surface area contributed by atoms with E-state index in [4.69, 9.17) is 5.73 Å². The minimum absolute atomic E-state index is 0.199. The highest BCUT2D eigenvalue weighted by Crippen LogP contribution is 2.31. The van der Waals surface area contributed by atoms with Crippen molar-refractivity contribution in [2.75, 3.05) is 6.54 Å². The molecule has 0 radical (unpaired) electrons. The van der Waals surface area contributed by atoms with Crippen molar-refractivity contribution in [3.63, 3.8) is 0 Å². The summed E-state index contributed by atoms with van der Waals surface area (Å²) in [6.07, 6.45) is 1.61. The summed E-state index contributed by atoms with van der Waals surface area (Å²) in [5.41, 5.74) is 5.69.